The molecule has 0 heterocycles. The molecule has 0 atom stereocenters. The van der Waals surface area contributed by atoms with Crippen LogP contribution >= 0.6 is 0 Å². The van der Waals surface area contributed by atoms with E-state index in [-0.39, 0.29) is 12.1 Å². The second-order valence-electron chi connectivity index (χ2n) is 4.58. The molecular formula is C14H19F3N2O. The number of carbonyl (C=O) groups is 1. The van der Waals surface area contributed by atoms with Crippen LogP contribution in [0.3, 0.4) is 0 Å². The molecule has 0 radical (unpaired) electrons. The fourth-order valence-corrected chi connectivity index (χ4v) is 1.95. The highest BCUT2D eigenvalue weighted by Crippen LogP contribution is 2.19. The van der Waals surface area contributed by atoms with Gasteiger partial charge < -0.3 is 10.6 Å². The summed E-state index contributed by atoms with van der Waals surface area (Å²) in [6, 6.07) is 6.60. The SMILES string of the molecule is CCCN(CC(F)(F)F)C(=O)c1cccc(CCN)c1. The zero-order chi connectivity index (χ0) is 15.2. The minimum atomic E-state index is -4.39. The van der Waals surface area contributed by atoms with Gasteiger partial charge in [-0.25, -0.2) is 0 Å². The lowest BCUT2D eigenvalue weighted by atomic mass is 10.1. The highest BCUT2D eigenvalue weighted by molar-refractivity contribution is 5.94. The Labute approximate surface area is 116 Å². The van der Waals surface area contributed by atoms with E-state index in [2.05, 4.69) is 0 Å². The number of amides is 1. The van der Waals surface area contributed by atoms with Crippen LogP contribution in [0.2, 0.25) is 0 Å². The third kappa shape index (κ3) is 5.21. The average molecular weight is 288 g/mol. The molecule has 0 saturated carbocycles. The van der Waals surface area contributed by atoms with Gasteiger partial charge in [-0.15, -0.1) is 0 Å². The number of carbonyl (C=O) groups excluding carboxylic acids is 1. The van der Waals surface area contributed by atoms with Crippen molar-refractivity contribution in [1.29, 1.82) is 0 Å². The van der Waals surface area contributed by atoms with Crippen molar-refractivity contribution in [3.63, 3.8) is 0 Å². The van der Waals surface area contributed by atoms with Crippen LogP contribution in [0.1, 0.15) is 29.3 Å². The highest BCUT2D eigenvalue weighted by atomic mass is 19.4. The Bertz CT molecular complexity index is 446. The molecule has 6 heteroatoms. The van der Waals surface area contributed by atoms with Gasteiger partial charge in [0.1, 0.15) is 6.54 Å². The molecule has 1 amide bonds. The summed E-state index contributed by atoms with van der Waals surface area (Å²) in [5.74, 6) is -0.594. The summed E-state index contributed by atoms with van der Waals surface area (Å²) in [6.45, 7) is 1.03. The summed E-state index contributed by atoms with van der Waals surface area (Å²) in [4.78, 5) is 13.0. The van der Waals surface area contributed by atoms with Gasteiger partial charge in [-0.3, -0.25) is 4.79 Å². The van der Waals surface area contributed by atoms with Crippen LogP contribution in [0, 0.1) is 0 Å². The van der Waals surface area contributed by atoms with Gasteiger partial charge in [0.2, 0.25) is 0 Å². The van der Waals surface area contributed by atoms with Crippen LogP contribution in [-0.2, 0) is 6.42 Å². The molecule has 2 N–H and O–H groups in total. The number of halogens is 3. The lowest BCUT2D eigenvalue weighted by molar-refractivity contribution is -0.140. The first-order valence-corrected chi connectivity index (χ1v) is 6.52. The van der Waals surface area contributed by atoms with Gasteiger partial charge in [0.05, 0.1) is 0 Å². The van der Waals surface area contributed by atoms with E-state index in [1.807, 2.05) is 0 Å². The highest BCUT2D eigenvalue weighted by Gasteiger charge is 2.32. The van der Waals surface area contributed by atoms with E-state index >= 15 is 0 Å². The zero-order valence-corrected chi connectivity index (χ0v) is 11.4. The van der Waals surface area contributed by atoms with Gasteiger partial charge in [0, 0.05) is 12.1 Å². The van der Waals surface area contributed by atoms with Crippen molar-refractivity contribution in [3.8, 4) is 0 Å². The van der Waals surface area contributed by atoms with Crippen LogP contribution in [0.15, 0.2) is 24.3 Å². The number of benzene rings is 1. The summed E-state index contributed by atoms with van der Waals surface area (Å²) in [5, 5.41) is 0. The monoisotopic (exact) mass is 288 g/mol. The molecule has 0 unspecified atom stereocenters. The van der Waals surface area contributed by atoms with Gasteiger partial charge in [-0.05, 0) is 37.1 Å². The average Bonchev–Trinajstić information content (AvgIpc) is 2.36. The standard InChI is InChI=1S/C14H19F3N2O/c1-2-8-19(10-14(15,16)17)13(20)12-5-3-4-11(9-12)6-7-18/h3-5,9H,2,6-8,10,18H2,1H3. The fraction of sp³-hybridized carbons (Fsp3) is 0.500. The quantitative estimate of drug-likeness (QED) is 0.874. The van der Waals surface area contributed by atoms with Crippen molar-refractivity contribution in [1.82, 2.24) is 4.90 Å². The van der Waals surface area contributed by atoms with Crippen LogP contribution in [0.5, 0.6) is 0 Å². The van der Waals surface area contributed by atoms with Crippen molar-refractivity contribution in [2.24, 2.45) is 5.73 Å². The molecule has 0 aliphatic rings. The Morgan fingerprint density at radius 2 is 2.05 bits per heavy atom. The second kappa shape index (κ2) is 7.28. The van der Waals surface area contributed by atoms with E-state index in [0.29, 0.717) is 19.4 Å². The van der Waals surface area contributed by atoms with Crippen molar-refractivity contribution >= 4 is 5.91 Å². The molecule has 0 fully saturated rings. The summed E-state index contributed by atoms with van der Waals surface area (Å²) in [7, 11) is 0. The summed E-state index contributed by atoms with van der Waals surface area (Å²) < 4.78 is 37.5. The van der Waals surface area contributed by atoms with Crippen molar-refractivity contribution in [2.75, 3.05) is 19.6 Å². The van der Waals surface area contributed by atoms with Gasteiger partial charge in [0.25, 0.3) is 5.91 Å². The van der Waals surface area contributed by atoms with E-state index in [1.165, 1.54) is 6.07 Å². The molecular weight excluding hydrogens is 269 g/mol. The van der Waals surface area contributed by atoms with Crippen LogP contribution < -0.4 is 5.73 Å². The summed E-state index contributed by atoms with van der Waals surface area (Å²) in [6.07, 6.45) is -3.32. The molecule has 0 aliphatic carbocycles. The first kappa shape index (κ1) is 16.5. The number of alkyl halides is 3. The molecule has 0 aliphatic heterocycles. The van der Waals surface area contributed by atoms with Gasteiger partial charge in [-0.1, -0.05) is 19.1 Å². The lowest BCUT2D eigenvalue weighted by Crippen LogP contribution is -2.39. The maximum atomic E-state index is 12.5. The molecule has 20 heavy (non-hydrogen) atoms. The molecule has 1 rings (SSSR count). The lowest BCUT2D eigenvalue weighted by Gasteiger charge is -2.23. The van der Waals surface area contributed by atoms with Gasteiger partial charge in [0.15, 0.2) is 0 Å². The Balaban J connectivity index is 2.91. The molecule has 112 valence electrons. The Hall–Kier alpha value is -1.56. The molecule has 1 aromatic carbocycles. The summed E-state index contributed by atoms with van der Waals surface area (Å²) in [5.41, 5.74) is 6.55. The third-order valence-corrected chi connectivity index (χ3v) is 2.76. The molecule has 3 nitrogen and oxygen atoms in total. The van der Waals surface area contributed by atoms with E-state index in [0.717, 1.165) is 10.5 Å². The zero-order valence-electron chi connectivity index (χ0n) is 11.4. The number of hydrogen-bond donors (Lipinski definition) is 1. The predicted molar refractivity (Wildman–Crippen MR) is 71.4 cm³/mol. The first-order valence-electron chi connectivity index (χ1n) is 6.52. The maximum absolute atomic E-state index is 12.5. The normalized spacial score (nSPS) is 11.4. The Morgan fingerprint density at radius 1 is 1.35 bits per heavy atom. The van der Waals surface area contributed by atoms with Crippen molar-refractivity contribution in [2.45, 2.75) is 25.9 Å². The van der Waals surface area contributed by atoms with Crippen molar-refractivity contribution < 1.29 is 18.0 Å². The second-order valence-corrected chi connectivity index (χ2v) is 4.58. The maximum Gasteiger partial charge on any atom is 0.406 e. The fourth-order valence-electron chi connectivity index (χ4n) is 1.95. The number of rotatable bonds is 6. The number of hydrogen-bond acceptors (Lipinski definition) is 2. The topological polar surface area (TPSA) is 46.3 Å². The Kier molecular flexibility index (Phi) is 6.01. The van der Waals surface area contributed by atoms with E-state index < -0.39 is 18.6 Å². The third-order valence-electron chi connectivity index (χ3n) is 2.76. The van der Waals surface area contributed by atoms with Gasteiger partial charge >= 0.3 is 6.18 Å². The minimum Gasteiger partial charge on any atom is -0.330 e. The van der Waals surface area contributed by atoms with E-state index in [4.69, 9.17) is 5.73 Å². The smallest absolute Gasteiger partial charge is 0.330 e. The predicted octanol–water partition coefficient (Wildman–Crippen LogP) is 2.60. The molecule has 1 aromatic rings. The van der Waals surface area contributed by atoms with Gasteiger partial charge in [-0.2, -0.15) is 13.2 Å². The molecule has 0 bridgehead atoms. The molecule has 0 spiro atoms. The number of nitrogens with zero attached hydrogens (tertiary/aromatic N) is 1. The van der Waals surface area contributed by atoms with Crippen LogP contribution in [-0.4, -0.2) is 36.6 Å². The van der Waals surface area contributed by atoms with Crippen LogP contribution in [0.25, 0.3) is 0 Å². The first-order chi connectivity index (χ1) is 9.37. The van der Waals surface area contributed by atoms with Crippen molar-refractivity contribution in [3.05, 3.63) is 35.4 Å². The van der Waals surface area contributed by atoms with E-state index in [1.54, 1.807) is 25.1 Å². The number of nitrogens with two attached hydrogens (primary N) is 1. The molecule has 0 saturated heterocycles. The Morgan fingerprint density at radius 3 is 2.60 bits per heavy atom. The van der Waals surface area contributed by atoms with Crippen LogP contribution in [0.4, 0.5) is 13.2 Å². The minimum absolute atomic E-state index is 0.0828. The summed E-state index contributed by atoms with van der Waals surface area (Å²) >= 11 is 0. The molecule has 0 aromatic heterocycles. The largest absolute Gasteiger partial charge is 0.406 e. The van der Waals surface area contributed by atoms with E-state index in [9.17, 15) is 18.0 Å².